The summed E-state index contributed by atoms with van der Waals surface area (Å²) in [6.07, 6.45) is 1.16. The van der Waals surface area contributed by atoms with Crippen molar-refractivity contribution in [3.63, 3.8) is 0 Å². The van der Waals surface area contributed by atoms with Crippen molar-refractivity contribution in [1.82, 2.24) is 15.3 Å². The maximum atomic E-state index is 5.77. The molecule has 0 aliphatic rings. The van der Waals surface area contributed by atoms with Crippen LogP contribution in [-0.2, 0) is 10.3 Å². The van der Waals surface area contributed by atoms with E-state index in [-0.39, 0.29) is 0 Å². The normalized spacial score (nSPS) is 13.5. The monoisotopic (exact) mass is 293 g/mol. The lowest BCUT2D eigenvalue weighted by atomic mass is 9.97. The van der Waals surface area contributed by atoms with Crippen LogP contribution in [0.3, 0.4) is 0 Å². The summed E-state index contributed by atoms with van der Waals surface area (Å²) in [7, 11) is 0. The predicted octanol–water partition coefficient (Wildman–Crippen LogP) is 3.47. The van der Waals surface area contributed by atoms with Gasteiger partial charge in [0, 0.05) is 24.5 Å². The molecule has 0 spiro atoms. The molecule has 1 aromatic rings. The molecule has 1 atom stereocenters. The maximum absolute atomic E-state index is 5.77. The number of aryl methyl sites for hydroxylation is 2. The van der Waals surface area contributed by atoms with Gasteiger partial charge in [-0.2, -0.15) is 0 Å². The molecule has 0 saturated heterocycles. The Morgan fingerprint density at radius 3 is 2.19 bits per heavy atom. The van der Waals surface area contributed by atoms with Crippen LogP contribution < -0.4 is 5.32 Å². The topological polar surface area (TPSA) is 47.0 Å². The molecule has 4 heteroatoms. The number of hydrogen-bond acceptors (Lipinski definition) is 4. The lowest BCUT2D eigenvalue weighted by Crippen LogP contribution is -2.27. The minimum absolute atomic E-state index is 0.417. The predicted molar refractivity (Wildman–Crippen MR) is 87.7 cm³/mol. The van der Waals surface area contributed by atoms with Gasteiger partial charge in [-0.1, -0.05) is 13.8 Å². The van der Waals surface area contributed by atoms with Crippen molar-refractivity contribution in [3.05, 3.63) is 22.8 Å². The molecule has 0 aliphatic carbocycles. The molecule has 0 radical (unpaired) electrons. The van der Waals surface area contributed by atoms with Crippen molar-refractivity contribution >= 4 is 0 Å². The summed E-state index contributed by atoms with van der Waals surface area (Å²) in [6, 6.07) is 0. The average Bonchev–Trinajstić information content (AvgIpc) is 2.38. The van der Waals surface area contributed by atoms with E-state index >= 15 is 0 Å². The van der Waals surface area contributed by atoms with Crippen LogP contribution in [0.15, 0.2) is 0 Å². The van der Waals surface area contributed by atoms with Gasteiger partial charge in [0.1, 0.15) is 5.60 Å². The van der Waals surface area contributed by atoms with Crippen molar-refractivity contribution in [2.45, 2.75) is 66.4 Å². The summed E-state index contributed by atoms with van der Waals surface area (Å²) in [5, 5.41) is 3.47. The first-order chi connectivity index (χ1) is 9.83. The Labute approximate surface area is 129 Å². The number of rotatable bonds is 8. The highest BCUT2D eigenvalue weighted by Crippen LogP contribution is 2.26. The molecule has 0 aromatic carbocycles. The zero-order valence-electron chi connectivity index (χ0n) is 14.7. The highest BCUT2D eigenvalue weighted by atomic mass is 16.5. The number of nitrogens with zero attached hydrogens (tertiary/aromatic N) is 2. The van der Waals surface area contributed by atoms with Gasteiger partial charge in [-0.3, -0.25) is 0 Å². The van der Waals surface area contributed by atoms with Crippen molar-refractivity contribution in [2.75, 3.05) is 19.7 Å². The second kappa shape index (κ2) is 7.85. The zero-order chi connectivity index (χ0) is 16.0. The minimum atomic E-state index is -0.438. The molecule has 1 heterocycles. The van der Waals surface area contributed by atoms with E-state index in [4.69, 9.17) is 14.7 Å². The van der Waals surface area contributed by atoms with Gasteiger partial charge in [-0.15, -0.1) is 0 Å². The highest BCUT2D eigenvalue weighted by molar-refractivity contribution is 5.29. The smallest absolute Gasteiger partial charge is 0.160 e. The van der Waals surface area contributed by atoms with Crippen LogP contribution in [0.1, 0.15) is 69.7 Å². The number of ether oxygens (including phenoxy) is 1. The summed E-state index contributed by atoms with van der Waals surface area (Å²) < 4.78 is 5.77. The van der Waals surface area contributed by atoms with Gasteiger partial charge in [0.05, 0.1) is 0 Å². The maximum Gasteiger partial charge on any atom is 0.160 e. The third kappa shape index (κ3) is 4.75. The fourth-order valence-corrected chi connectivity index (χ4v) is 2.73. The summed E-state index contributed by atoms with van der Waals surface area (Å²) in [5.74, 6) is 1.19. The zero-order valence-corrected chi connectivity index (χ0v) is 14.7. The van der Waals surface area contributed by atoms with E-state index in [0.717, 1.165) is 36.7 Å². The number of nitrogens with one attached hydrogen (secondary N) is 1. The van der Waals surface area contributed by atoms with E-state index in [1.807, 2.05) is 20.8 Å². The SMILES string of the molecule is CCCNCC(C)c1c(C)nc(C(C)(C)OCC)nc1C. The molecular formula is C17H31N3O. The van der Waals surface area contributed by atoms with Crippen molar-refractivity contribution in [2.24, 2.45) is 0 Å². The third-order valence-electron chi connectivity index (χ3n) is 3.74. The van der Waals surface area contributed by atoms with Gasteiger partial charge < -0.3 is 10.1 Å². The van der Waals surface area contributed by atoms with Crippen molar-refractivity contribution in [1.29, 1.82) is 0 Å². The molecule has 1 N–H and O–H groups in total. The summed E-state index contributed by atoms with van der Waals surface area (Å²) >= 11 is 0. The summed E-state index contributed by atoms with van der Waals surface area (Å²) in [6.45, 7) is 17.3. The lowest BCUT2D eigenvalue weighted by molar-refractivity contribution is -0.0210. The van der Waals surface area contributed by atoms with Crippen LogP contribution in [0.25, 0.3) is 0 Å². The largest absolute Gasteiger partial charge is 0.368 e. The van der Waals surface area contributed by atoms with Crippen LogP contribution in [0.2, 0.25) is 0 Å². The summed E-state index contributed by atoms with van der Waals surface area (Å²) in [5.41, 5.74) is 2.95. The molecule has 0 fully saturated rings. The first-order valence-corrected chi connectivity index (χ1v) is 8.03. The van der Waals surface area contributed by atoms with Crippen molar-refractivity contribution in [3.8, 4) is 0 Å². The molecule has 0 bridgehead atoms. The van der Waals surface area contributed by atoms with Gasteiger partial charge in [0.15, 0.2) is 5.82 Å². The molecule has 0 saturated carbocycles. The quantitative estimate of drug-likeness (QED) is 0.746. The molecule has 1 aromatic heterocycles. The first kappa shape index (κ1) is 18.1. The molecule has 0 amide bonds. The standard InChI is InChI=1S/C17H31N3O/c1-8-10-18-11-12(3)15-13(4)19-16(20-14(15)5)17(6,7)21-9-2/h12,18H,8-11H2,1-7H3. The Kier molecular flexibility index (Phi) is 6.75. The Hall–Kier alpha value is -1.00. The Morgan fingerprint density at radius 1 is 1.14 bits per heavy atom. The second-order valence-corrected chi connectivity index (χ2v) is 6.18. The second-order valence-electron chi connectivity index (χ2n) is 6.18. The van der Waals surface area contributed by atoms with Gasteiger partial charge in [-0.05, 0) is 59.1 Å². The van der Waals surface area contributed by atoms with Crippen LogP contribution in [-0.4, -0.2) is 29.7 Å². The van der Waals surface area contributed by atoms with Crippen LogP contribution >= 0.6 is 0 Å². The number of hydrogen-bond donors (Lipinski definition) is 1. The Bertz CT molecular complexity index is 434. The molecule has 21 heavy (non-hydrogen) atoms. The van der Waals surface area contributed by atoms with Gasteiger partial charge >= 0.3 is 0 Å². The summed E-state index contributed by atoms with van der Waals surface area (Å²) in [4.78, 5) is 9.42. The van der Waals surface area contributed by atoms with Crippen LogP contribution in [0.4, 0.5) is 0 Å². The van der Waals surface area contributed by atoms with Crippen LogP contribution in [0, 0.1) is 13.8 Å². The third-order valence-corrected chi connectivity index (χ3v) is 3.74. The molecule has 1 unspecified atom stereocenters. The lowest BCUT2D eigenvalue weighted by Gasteiger charge is -2.25. The molecular weight excluding hydrogens is 262 g/mol. The highest BCUT2D eigenvalue weighted by Gasteiger charge is 2.26. The minimum Gasteiger partial charge on any atom is -0.368 e. The van der Waals surface area contributed by atoms with E-state index < -0.39 is 5.60 Å². The number of aromatic nitrogens is 2. The molecule has 1 rings (SSSR count). The molecule has 120 valence electrons. The fourth-order valence-electron chi connectivity index (χ4n) is 2.73. The van der Waals surface area contributed by atoms with Gasteiger partial charge in [0.2, 0.25) is 0 Å². The first-order valence-electron chi connectivity index (χ1n) is 8.03. The van der Waals surface area contributed by atoms with E-state index in [1.54, 1.807) is 0 Å². The van der Waals surface area contributed by atoms with Gasteiger partial charge in [0.25, 0.3) is 0 Å². The Morgan fingerprint density at radius 2 is 1.71 bits per heavy atom. The van der Waals surface area contributed by atoms with E-state index in [1.165, 1.54) is 5.56 Å². The fraction of sp³-hybridized carbons (Fsp3) is 0.765. The van der Waals surface area contributed by atoms with E-state index in [2.05, 4.69) is 33.0 Å². The van der Waals surface area contributed by atoms with Gasteiger partial charge in [-0.25, -0.2) is 9.97 Å². The Balaban J connectivity index is 2.99. The van der Waals surface area contributed by atoms with Crippen LogP contribution in [0.5, 0.6) is 0 Å². The van der Waals surface area contributed by atoms with E-state index in [0.29, 0.717) is 12.5 Å². The average molecular weight is 293 g/mol. The van der Waals surface area contributed by atoms with Crippen molar-refractivity contribution < 1.29 is 4.74 Å². The van der Waals surface area contributed by atoms with E-state index in [9.17, 15) is 0 Å². The molecule has 0 aliphatic heterocycles. The molecule has 4 nitrogen and oxygen atoms in total.